The Labute approximate surface area is 153 Å². The Kier molecular flexibility index (Phi) is 6.45. The van der Waals surface area contributed by atoms with E-state index in [9.17, 15) is 13.2 Å². The van der Waals surface area contributed by atoms with Crippen molar-refractivity contribution in [1.82, 2.24) is 0 Å². The summed E-state index contributed by atoms with van der Waals surface area (Å²) in [6.07, 6.45) is 1.08. The summed E-state index contributed by atoms with van der Waals surface area (Å²) in [6.45, 7) is 3.91. The van der Waals surface area contributed by atoms with Crippen LogP contribution in [-0.2, 0) is 14.8 Å². The molecule has 0 aliphatic rings. The lowest BCUT2D eigenvalue weighted by molar-refractivity contribution is -0.116. The standard InChI is InChI=1S/C18H21ClN2O3S/c1-3-8-18(22)20-14-11-12-16(19)17(13-14)25(23,24)21(4-2)15-9-6-5-7-10-15/h5-7,9-13H,3-4,8H2,1-2H3,(H,20,22). The van der Waals surface area contributed by atoms with Crippen molar-refractivity contribution >= 4 is 38.9 Å². The first kappa shape index (κ1) is 19.3. The van der Waals surface area contributed by atoms with Gasteiger partial charge in [-0.1, -0.05) is 36.7 Å². The third-order valence-corrected chi connectivity index (χ3v) is 5.98. The molecule has 0 atom stereocenters. The van der Waals surface area contributed by atoms with Gasteiger partial charge in [-0.05, 0) is 43.7 Å². The molecule has 2 rings (SSSR count). The van der Waals surface area contributed by atoms with E-state index in [0.717, 1.165) is 0 Å². The molecule has 0 unspecified atom stereocenters. The summed E-state index contributed by atoms with van der Waals surface area (Å²) in [6, 6.07) is 13.3. The van der Waals surface area contributed by atoms with Gasteiger partial charge in [0.25, 0.3) is 10.0 Å². The molecular weight excluding hydrogens is 360 g/mol. The minimum atomic E-state index is -3.86. The van der Waals surface area contributed by atoms with Crippen molar-refractivity contribution in [3.63, 3.8) is 0 Å². The topological polar surface area (TPSA) is 66.5 Å². The Morgan fingerprint density at radius 2 is 1.80 bits per heavy atom. The number of nitrogens with one attached hydrogen (secondary N) is 1. The molecule has 0 saturated heterocycles. The average molecular weight is 381 g/mol. The second kappa shape index (κ2) is 8.36. The second-order valence-corrected chi connectivity index (χ2v) is 7.69. The first-order chi connectivity index (χ1) is 11.9. The van der Waals surface area contributed by atoms with Crippen LogP contribution in [-0.4, -0.2) is 20.9 Å². The number of anilines is 2. The number of nitrogens with zero attached hydrogens (tertiary/aromatic N) is 1. The van der Waals surface area contributed by atoms with Gasteiger partial charge in [0.1, 0.15) is 4.90 Å². The molecule has 1 N–H and O–H groups in total. The minimum Gasteiger partial charge on any atom is -0.326 e. The van der Waals surface area contributed by atoms with Crippen LogP contribution >= 0.6 is 11.6 Å². The fraction of sp³-hybridized carbons (Fsp3) is 0.278. The summed E-state index contributed by atoms with van der Waals surface area (Å²) in [4.78, 5) is 11.7. The van der Waals surface area contributed by atoms with Crippen LogP contribution in [0.15, 0.2) is 53.4 Å². The molecule has 25 heavy (non-hydrogen) atoms. The monoisotopic (exact) mass is 380 g/mol. The number of carbonyl (C=O) groups is 1. The van der Waals surface area contributed by atoms with Gasteiger partial charge in [0.05, 0.1) is 10.7 Å². The third-order valence-electron chi connectivity index (χ3n) is 3.59. The summed E-state index contributed by atoms with van der Waals surface area (Å²) in [5.74, 6) is -0.163. The van der Waals surface area contributed by atoms with Crippen molar-refractivity contribution < 1.29 is 13.2 Å². The van der Waals surface area contributed by atoms with E-state index in [0.29, 0.717) is 24.2 Å². The number of carbonyl (C=O) groups excluding carboxylic acids is 1. The van der Waals surface area contributed by atoms with Gasteiger partial charge in [0.15, 0.2) is 0 Å². The van der Waals surface area contributed by atoms with E-state index in [1.807, 2.05) is 13.0 Å². The number of benzene rings is 2. The summed E-state index contributed by atoms with van der Waals surface area (Å²) < 4.78 is 27.4. The molecule has 0 spiro atoms. The fourth-order valence-electron chi connectivity index (χ4n) is 2.43. The number of rotatable bonds is 7. The fourth-order valence-corrected chi connectivity index (χ4v) is 4.41. The molecule has 1 amide bonds. The van der Waals surface area contributed by atoms with Gasteiger partial charge in [-0.2, -0.15) is 0 Å². The second-order valence-electron chi connectivity index (χ2n) is 5.45. The van der Waals surface area contributed by atoms with Gasteiger partial charge >= 0.3 is 0 Å². The zero-order valence-corrected chi connectivity index (χ0v) is 15.8. The maximum Gasteiger partial charge on any atom is 0.265 e. The highest BCUT2D eigenvalue weighted by Gasteiger charge is 2.26. The summed E-state index contributed by atoms with van der Waals surface area (Å²) in [5, 5.41) is 2.81. The molecule has 0 fully saturated rings. The maximum atomic E-state index is 13.1. The molecule has 7 heteroatoms. The minimum absolute atomic E-state index is 0.0332. The molecule has 134 valence electrons. The molecule has 0 aliphatic heterocycles. The number of para-hydroxylation sites is 1. The van der Waals surface area contributed by atoms with Gasteiger partial charge < -0.3 is 5.32 Å². The maximum absolute atomic E-state index is 13.1. The van der Waals surface area contributed by atoms with Gasteiger partial charge in [-0.15, -0.1) is 0 Å². The molecular formula is C18H21ClN2O3S. The normalized spacial score (nSPS) is 11.2. The highest BCUT2D eigenvalue weighted by atomic mass is 35.5. The predicted molar refractivity (Wildman–Crippen MR) is 102 cm³/mol. The number of sulfonamides is 1. The van der Waals surface area contributed by atoms with E-state index >= 15 is 0 Å². The Bertz CT molecular complexity index is 839. The molecule has 0 radical (unpaired) electrons. The largest absolute Gasteiger partial charge is 0.326 e. The molecule has 2 aromatic rings. The molecule has 2 aromatic carbocycles. The zero-order valence-electron chi connectivity index (χ0n) is 14.2. The van der Waals surface area contributed by atoms with Crippen LogP contribution < -0.4 is 9.62 Å². The smallest absolute Gasteiger partial charge is 0.265 e. The first-order valence-electron chi connectivity index (χ1n) is 8.07. The Balaban J connectivity index is 2.42. The van der Waals surface area contributed by atoms with Crippen molar-refractivity contribution in [2.45, 2.75) is 31.6 Å². The molecule has 0 bridgehead atoms. The van der Waals surface area contributed by atoms with E-state index in [-0.39, 0.29) is 22.4 Å². The molecule has 5 nitrogen and oxygen atoms in total. The summed E-state index contributed by atoms with van der Waals surface area (Å²) in [5.41, 5.74) is 0.965. The number of halogens is 1. The van der Waals surface area contributed by atoms with Gasteiger partial charge in [0.2, 0.25) is 5.91 Å². The SMILES string of the molecule is CCCC(=O)Nc1ccc(Cl)c(S(=O)(=O)N(CC)c2ccccc2)c1. The quantitative estimate of drug-likeness (QED) is 0.778. The first-order valence-corrected chi connectivity index (χ1v) is 9.89. The van der Waals surface area contributed by atoms with Crippen molar-refractivity contribution in [3.8, 4) is 0 Å². The lowest BCUT2D eigenvalue weighted by Gasteiger charge is -2.23. The lowest BCUT2D eigenvalue weighted by Crippen LogP contribution is -2.31. The predicted octanol–water partition coefficient (Wildman–Crippen LogP) is 4.29. The molecule has 0 aliphatic carbocycles. The van der Waals surface area contributed by atoms with E-state index in [1.165, 1.54) is 16.4 Å². The van der Waals surface area contributed by atoms with Crippen LogP contribution in [0.25, 0.3) is 0 Å². The van der Waals surface area contributed by atoms with E-state index < -0.39 is 10.0 Å². The van der Waals surface area contributed by atoms with Crippen molar-refractivity contribution in [2.24, 2.45) is 0 Å². The van der Waals surface area contributed by atoms with E-state index in [4.69, 9.17) is 11.6 Å². The van der Waals surface area contributed by atoms with Crippen molar-refractivity contribution in [2.75, 3.05) is 16.2 Å². The highest BCUT2D eigenvalue weighted by molar-refractivity contribution is 7.93. The number of amides is 1. The van der Waals surface area contributed by atoms with Crippen LogP contribution in [0.5, 0.6) is 0 Å². The highest BCUT2D eigenvalue weighted by Crippen LogP contribution is 2.30. The van der Waals surface area contributed by atoms with Gasteiger partial charge in [-0.25, -0.2) is 8.42 Å². The van der Waals surface area contributed by atoms with Gasteiger partial charge in [-0.3, -0.25) is 9.10 Å². The molecule has 0 heterocycles. The van der Waals surface area contributed by atoms with E-state index in [2.05, 4.69) is 5.32 Å². The van der Waals surface area contributed by atoms with Crippen molar-refractivity contribution in [3.05, 3.63) is 53.6 Å². The van der Waals surface area contributed by atoms with Crippen LogP contribution in [0.2, 0.25) is 5.02 Å². The average Bonchev–Trinajstić information content (AvgIpc) is 2.58. The van der Waals surface area contributed by atoms with Crippen molar-refractivity contribution in [1.29, 1.82) is 0 Å². The molecule has 0 saturated carbocycles. The van der Waals surface area contributed by atoms with Crippen LogP contribution in [0.3, 0.4) is 0 Å². The van der Waals surface area contributed by atoms with E-state index in [1.54, 1.807) is 37.3 Å². The Morgan fingerprint density at radius 3 is 2.40 bits per heavy atom. The summed E-state index contributed by atoms with van der Waals surface area (Å²) >= 11 is 6.15. The third kappa shape index (κ3) is 4.52. The zero-order chi connectivity index (χ0) is 18.4. The summed E-state index contributed by atoms with van der Waals surface area (Å²) in [7, 11) is -3.86. The Morgan fingerprint density at radius 1 is 1.12 bits per heavy atom. The van der Waals surface area contributed by atoms with Crippen LogP contribution in [0, 0.1) is 0 Å². The van der Waals surface area contributed by atoms with Crippen LogP contribution in [0.4, 0.5) is 11.4 Å². The molecule has 0 aromatic heterocycles. The lowest BCUT2D eigenvalue weighted by atomic mass is 10.3. The van der Waals surface area contributed by atoms with Gasteiger partial charge in [0, 0.05) is 18.7 Å². The number of hydrogen-bond donors (Lipinski definition) is 1. The van der Waals surface area contributed by atoms with Crippen LogP contribution in [0.1, 0.15) is 26.7 Å². The Hall–Kier alpha value is -2.05. The number of hydrogen-bond acceptors (Lipinski definition) is 3.